The SMILES string of the molecule is CCCCCCCC/C=C\CCCCCCCC(=O)OCCCCCCCCCCCCCCCCCC.N. The minimum Gasteiger partial charge on any atom is -0.466 e. The van der Waals surface area contributed by atoms with Gasteiger partial charge in [-0.25, -0.2) is 0 Å². The van der Waals surface area contributed by atoms with Crippen molar-refractivity contribution in [1.82, 2.24) is 6.15 Å². The predicted molar refractivity (Wildman–Crippen MR) is 175 cm³/mol. The van der Waals surface area contributed by atoms with Crippen LogP contribution >= 0.6 is 0 Å². The van der Waals surface area contributed by atoms with Crippen molar-refractivity contribution in [2.45, 2.75) is 206 Å². The zero-order valence-corrected chi connectivity index (χ0v) is 27.1. The Morgan fingerprint density at radius 1 is 0.436 bits per heavy atom. The Labute approximate surface area is 246 Å². The second-order valence-electron chi connectivity index (χ2n) is 11.9. The lowest BCUT2D eigenvalue weighted by molar-refractivity contribution is -0.143. The molecule has 234 valence electrons. The fourth-order valence-corrected chi connectivity index (χ4v) is 5.25. The van der Waals surface area contributed by atoms with Crippen LogP contribution in [0.4, 0.5) is 0 Å². The van der Waals surface area contributed by atoms with Gasteiger partial charge in [-0.2, -0.15) is 0 Å². The lowest BCUT2D eigenvalue weighted by atomic mass is 10.0. The van der Waals surface area contributed by atoms with Crippen LogP contribution in [-0.4, -0.2) is 12.6 Å². The number of hydrogen-bond acceptors (Lipinski definition) is 3. The lowest BCUT2D eigenvalue weighted by Gasteiger charge is -2.05. The normalized spacial score (nSPS) is 11.2. The monoisotopic (exact) mass is 552 g/mol. The van der Waals surface area contributed by atoms with Crippen LogP contribution < -0.4 is 6.15 Å². The molecule has 0 aliphatic rings. The highest BCUT2D eigenvalue weighted by Gasteiger charge is 2.02. The van der Waals surface area contributed by atoms with Crippen molar-refractivity contribution < 1.29 is 9.53 Å². The van der Waals surface area contributed by atoms with E-state index in [2.05, 4.69) is 26.0 Å². The lowest BCUT2D eigenvalue weighted by Crippen LogP contribution is -2.05. The highest BCUT2D eigenvalue weighted by atomic mass is 16.5. The molecule has 0 bridgehead atoms. The van der Waals surface area contributed by atoms with Crippen molar-refractivity contribution in [2.75, 3.05) is 6.61 Å². The molecule has 0 aromatic carbocycles. The quantitative estimate of drug-likeness (QED) is 0.0513. The first-order valence-corrected chi connectivity index (χ1v) is 17.6. The smallest absolute Gasteiger partial charge is 0.305 e. The van der Waals surface area contributed by atoms with E-state index in [-0.39, 0.29) is 12.1 Å². The van der Waals surface area contributed by atoms with Gasteiger partial charge in [0.15, 0.2) is 0 Å². The van der Waals surface area contributed by atoms with Gasteiger partial charge in [-0.05, 0) is 38.5 Å². The molecule has 0 rings (SSSR count). The average Bonchev–Trinajstić information content (AvgIpc) is 2.92. The Bertz CT molecular complexity index is 477. The third kappa shape index (κ3) is 37.2. The van der Waals surface area contributed by atoms with E-state index in [0.29, 0.717) is 13.0 Å². The van der Waals surface area contributed by atoms with Crippen molar-refractivity contribution in [3.63, 3.8) is 0 Å². The first kappa shape index (κ1) is 40.3. The third-order valence-corrected chi connectivity index (χ3v) is 7.90. The first-order valence-electron chi connectivity index (χ1n) is 17.6. The summed E-state index contributed by atoms with van der Waals surface area (Å²) in [4.78, 5) is 11.9. The summed E-state index contributed by atoms with van der Waals surface area (Å²) < 4.78 is 5.43. The number of unbranched alkanes of at least 4 members (excludes halogenated alkanes) is 26. The second-order valence-corrected chi connectivity index (χ2v) is 11.9. The zero-order chi connectivity index (χ0) is 27.6. The molecule has 0 aliphatic carbocycles. The molecular weight excluding hydrogens is 478 g/mol. The molecule has 0 amide bonds. The van der Waals surface area contributed by atoms with Crippen LogP contribution in [0.1, 0.15) is 206 Å². The van der Waals surface area contributed by atoms with Crippen molar-refractivity contribution in [2.24, 2.45) is 0 Å². The van der Waals surface area contributed by atoms with Crippen LogP contribution in [0.15, 0.2) is 12.2 Å². The maximum absolute atomic E-state index is 11.9. The van der Waals surface area contributed by atoms with Gasteiger partial charge in [0.1, 0.15) is 0 Å². The number of carbonyl (C=O) groups is 1. The van der Waals surface area contributed by atoms with Gasteiger partial charge in [0.05, 0.1) is 6.61 Å². The van der Waals surface area contributed by atoms with E-state index in [1.165, 1.54) is 167 Å². The maximum Gasteiger partial charge on any atom is 0.305 e. The van der Waals surface area contributed by atoms with E-state index < -0.39 is 0 Å². The number of hydrogen-bond donors (Lipinski definition) is 1. The highest BCUT2D eigenvalue weighted by molar-refractivity contribution is 5.69. The van der Waals surface area contributed by atoms with E-state index >= 15 is 0 Å². The van der Waals surface area contributed by atoms with Gasteiger partial charge in [-0.1, -0.05) is 174 Å². The number of allylic oxidation sites excluding steroid dienone is 2. The molecule has 0 radical (unpaired) electrons. The molecule has 0 fully saturated rings. The van der Waals surface area contributed by atoms with Crippen LogP contribution in [-0.2, 0) is 9.53 Å². The molecule has 0 unspecified atom stereocenters. The summed E-state index contributed by atoms with van der Waals surface area (Å²) in [7, 11) is 0. The third-order valence-electron chi connectivity index (χ3n) is 7.90. The maximum atomic E-state index is 11.9. The van der Waals surface area contributed by atoms with Gasteiger partial charge in [0.25, 0.3) is 0 Å². The summed E-state index contributed by atoms with van der Waals surface area (Å²) >= 11 is 0. The van der Waals surface area contributed by atoms with Crippen LogP contribution in [0.2, 0.25) is 0 Å². The van der Waals surface area contributed by atoms with Gasteiger partial charge in [-0.3, -0.25) is 4.79 Å². The Balaban J connectivity index is 0. The Morgan fingerprint density at radius 3 is 1.13 bits per heavy atom. The van der Waals surface area contributed by atoms with Crippen molar-refractivity contribution in [3.8, 4) is 0 Å². The van der Waals surface area contributed by atoms with E-state index in [9.17, 15) is 4.79 Å². The minimum atomic E-state index is 0. The summed E-state index contributed by atoms with van der Waals surface area (Å²) in [6, 6.07) is 0. The fraction of sp³-hybridized carbons (Fsp3) is 0.917. The Hall–Kier alpha value is -0.830. The second kappa shape index (κ2) is 37.2. The molecule has 0 heterocycles. The number of rotatable bonds is 32. The molecule has 0 atom stereocenters. The molecule has 0 saturated carbocycles. The first-order chi connectivity index (χ1) is 18.8. The van der Waals surface area contributed by atoms with E-state index in [0.717, 1.165) is 19.3 Å². The number of carbonyl (C=O) groups excluding carboxylic acids is 1. The fourth-order valence-electron chi connectivity index (χ4n) is 5.25. The molecule has 3 nitrogen and oxygen atoms in total. The molecule has 0 aromatic heterocycles. The predicted octanol–water partition coefficient (Wildman–Crippen LogP) is 13.0. The summed E-state index contributed by atoms with van der Waals surface area (Å²) in [6.45, 7) is 5.20. The summed E-state index contributed by atoms with van der Waals surface area (Å²) in [5, 5.41) is 0. The average molecular weight is 552 g/mol. The van der Waals surface area contributed by atoms with Gasteiger partial charge in [0, 0.05) is 6.42 Å². The van der Waals surface area contributed by atoms with Gasteiger partial charge in [0.2, 0.25) is 0 Å². The molecular formula is C36H73NO2. The summed E-state index contributed by atoms with van der Waals surface area (Å²) in [5.41, 5.74) is 0. The molecule has 0 aromatic rings. The number of ether oxygens (including phenoxy) is 1. The van der Waals surface area contributed by atoms with Crippen LogP contribution in [0.25, 0.3) is 0 Å². The summed E-state index contributed by atoms with van der Waals surface area (Å²) in [5.74, 6) is 0.0172. The van der Waals surface area contributed by atoms with Crippen LogP contribution in [0, 0.1) is 0 Å². The van der Waals surface area contributed by atoms with Crippen LogP contribution in [0.3, 0.4) is 0 Å². The zero-order valence-electron chi connectivity index (χ0n) is 27.1. The molecule has 3 heteroatoms. The number of esters is 1. The van der Waals surface area contributed by atoms with Crippen molar-refractivity contribution >= 4 is 5.97 Å². The molecule has 39 heavy (non-hydrogen) atoms. The molecule has 0 aliphatic heterocycles. The topological polar surface area (TPSA) is 61.3 Å². The largest absolute Gasteiger partial charge is 0.466 e. The standard InChI is InChI=1S/C36H70O2.H3N/c1-3-5-7-9-11-13-15-17-19-21-23-25-27-29-31-33-35-38-36(37)34-32-30-28-26-24-22-20-18-16-14-12-10-8-6-4-2;/h18,20H,3-17,19,21-35H2,1-2H3;1H3/b20-18-;. The van der Waals surface area contributed by atoms with Gasteiger partial charge < -0.3 is 10.9 Å². The Morgan fingerprint density at radius 2 is 0.744 bits per heavy atom. The Kier molecular flexibility index (Phi) is 38.4. The van der Waals surface area contributed by atoms with Gasteiger partial charge in [-0.15, -0.1) is 0 Å². The molecule has 3 N–H and O–H groups in total. The molecule has 0 saturated heterocycles. The molecule has 0 spiro atoms. The van der Waals surface area contributed by atoms with Crippen molar-refractivity contribution in [1.29, 1.82) is 0 Å². The van der Waals surface area contributed by atoms with Crippen LogP contribution in [0.5, 0.6) is 0 Å². The van der Waals surface area contributed by atoms with E-state index in [1.807, 2.05) is 0 Å². The van der Waals surface area contributed by atoms with E-state index in [4.69, 9.17) is 4.74 Å². The van der Waals surface area contributed by atoms with Crippen molar-refractivity contribution in [3.05, 3.63) is 12.2 Å². The minimum absolute atomic E-state index is 0. The highest BCUT2D eigenvalue weighted by Crippen LogP contribution is 2.14. The summed E-state index contributed by atoms with van der Waals surface area (Å²) in [6.07, 6.45) is 44.1. The van der Waals surface area contributed by atoms with Gasteiger partial charge >= 0.3 is 5.97 Å². The van der Waals surface area contributed by atoms with E-state index in [1.54, 1.807) is 0 Å².